The number of nitrogens with zero attached hydrogens (tertiary/aromatic N) is 1. The van der Waals surface area contributed by atoms with E-state index in [-0.39, 0.29) is 19.6 Å². The van der Waals surface area contributed by atoms with Gasteiger partial charge in [-0.3, -0.25) is 14.5 Å². The van der Waals surface area contributed by atoms with Crippen molar-refractivity contribution in [1.82, 2.24) is 15.5 Å². The zero-order chi connectivity index (χ0) is 19.9. The number of aliphatic hydroxyl groups excluding tert-OH is 1. The van der Waals surface area contributed by atoms with Crippen LogP contribution in [0.3, 0.4) is 0 Å². The van der Waals surface area contributed by atoms with E-state index < -0.39 is 29.9 Å². The number of imide groups is 1. The van der Waals surface area contributed by atoms with E-state index in [2.05, 4.69) is 10.6 Å². The number of rotatable bonds is 8. The van der Waals surface area contributed by atoms with Crippen LogP contribution in [0.4, 0.5) is 4.79 Å². The van der Waals surface area contributed by atoms with Crippen molar-refractivity contribution < 1.29 is 19.5 Å². The van der Waals surface area contributed by atoms with Crippen LogP contribution in [0.25, 0.3) is 0 Å². The van der Waals surface area contributed by atoms with Gasteiger partial charge in [-0.2, -0.15) is 0 Å². The topological polar surface area (TPSA) is 98.7 Å². The van der Waals surface area contributed by atoms with Gasteiger partial charge in [0.2, 0.25) is 5.91 Å². The first-order valence-electron chi connectivity index (χ1n) is 9.19. The van der Waals surface area contributed by atoms with Crippen molar-refractivity contribution in [2.24, 2.45) is 0 Å². The molecule has 0 spiro atoms. The second kappa shape index (κ2) is 9.14. The van der Waals surface area contributed by atoms with Crippen LogP contribution in [0.5, 0.6) is 0 Å². The molecule has 0 unspecified atom stereocenters. The molecule has 0 radical (unpaired) electrons. The molecule has 7 heteroatoms. The van der Waals surface area contributed by atoms with E-state index in [0.29, 0.717) is 6.42 Å². The fourth-order valence-corrected chi connectivity index (χ4v) is 3.17. The molecule has 2 aromatic carbocycles. The summed E-state index contributed by atoms with van der Waals surface area (Å²) < 4.78 is 0. The predicted octanol–water partition coefficient (Wildman–Crippen LogP) is 1.39. The van der Waals surface area contributed by atoms with Crippen LogP contribution in [-0.2, 0) is 16.0 Å². The summed E-state index contributed by atoms with van der Waals surface area (Å²) in [5, 5.41) is 14.8. The maximum Gasteiger partial charge on any atom is 0.324 e. The van der Waals surface area contributed by atoms with Gasteiger partial charge in [-0.05, 0) is 17.5 Å². The first-order valence-corrected chi connectivity index (χ1v) is 9.19. The van der Waals surface area contributed by atoms with Gasteiger partial charge in [-0.15, -0.1) is 0 Å². The summed E-state index contributed by atoms with van der Waals surface area (Å²) in [6, 6.07) is 16.7. The van der Waals surface area contributed by atoms with Crippen LogP contribution in [0.15, 0.2) is 60.7 Å². The third kappa shape index (κ3) is 4.75. The molecule has 3 rings (SSSR count). The first-order chi connectivity index (χ1) is 13.6. The Labute approximate surface area is 163 Å². The first kappa shape index (κ1) is 19.6. The van der Waals surface area contributed by atoms with Crippen molar-refractivity contribution >= 4 is 17.8 Å². The fraction of sp³-hybridized carbons (Fsp3) is 0.286. The average Bonchev–Trinajstić information content (AvgIpc) is 2.98. The Hall–Kier alpha value is -3.19. The Bertz CT molecular complexity index is 826. The number of hydrogen-bond donors (Lipinski definition) is 3. The molecule has 1 heterocycles. The molecular formula is C21H23N3O4. The van der Waals surface area contributed by atoms with Gasteiger partial charge in [-0.1, -0.05) is 60.7 Å². The number of benzene rings is 2. The highest BCUT2D eigenvalue weighted by molar-refractivity contribution is 6.05. The number of aliphatic hydroxyl groups is 1. The van der Waals surface area contributed by atoms with Crippen LogP contribution < -0.4 is 10.6 Å². The van der Waals surface area contributed by atoms with E-state index in [0.717, 1.165) is 16.0 Å². The molecule has 28 heavy (non-hydrogen) atoms. The van der Waals surface area contributed by atoms with Gasteiger partial charge >= 0.3 is 6.03 Å². The summed E-state index contributed by atoms with van der Waals surface area (Å²) in [4.78, 5) is 38.1. The summed E-state index contributed by atoms with van der Waals surface area (Å²) >= 11 is 0. The van der Waals surface area contributed by atoms with E-state index >= 15 is 0 Å². The van der Waals surface area contributed by atoms with E-state index in [9.17, 15) is 19.5 Å². The maximum atomic E-state index is 12.5. The average molecular weight is 381 g/mol. The Morgan fingerprint density at radius 2 is 1.71 bits per heavy atom. The SMILES string of the molecule is O=C(C[C@@H]1NC(=O)N(CCc2ccccc2)C1=O)N[C@H](CO)c1ccccc1. The van der Waals surface area contributed by atoms with E-state index in [1.807, 2.05) is 48.5 Å². The zero-order valence-electron chi connectivity index (χ0n) is 15.4. The molecule has 0 aliphatic carbocycles. The molecule has 1 fully saturated rings. The van der Waals surface area contributed by atoms with E-state index in [1.54, 1.807) is 12.1 Å². The number of carbonyl (C=O) groups is 3. The number of carbonyl (C=O) groups excluding carboxylic acids is 3. The molecule has 2 atom stereocenters. The lowest BCUT2D eigenvalue weighted by Crippen LogP contribution is -2.38. The van der Waals surface area contributed by atoms with Crippen LogP contribution in [-0.4, -0.2) is 47.0 Å². The van der Waals surface area contributed by atoms with Crippen LogP contribution >= 0.6 is 0 Å². The number of hydrogen-bond acceptors (Lipinski definition) is 4. The van der Waals surface area contributed by atoms with Crippen molar-refractivity contribution in [2.45, 2.75) is 24.9 Å². The third-order valence-electron chi connectivity index (χ3n) is 4.68. The van der Waals surface area contributed by atoms with Crippen molar-refractivity contribution in [2.75, 3.05) is 13.2 Å². The second-order valence-electron chi connectivity index (χ2n) is 6.65. The molecule has 3 N–H and O–H groups in total. The highest BCUT2D eigenvalue weighted by Gasteiger charge is 2.38. The molecule has 7 nitrogen and oxygen atoms in total. The monoisotopic (exact) mass is 381 g/mol. The molecule has 0 aromatic heterocycles. The lowest BCUT2D eigenvalue weighted by molar-refractivity contribution is -0.131. The standard InChI is InChI=1S/C21H23N3O4/c25-14-18(16-9-5-2-6-10-16)22-19(26)13-17-20(27)24(21(28)23-17)12-11-15-7-3-1-4-8-15/h1-10,17-18,25H,11-14H2,(H,22,26)(H,23,28)/t17-,18+/m0/s1. The van der Waals surface area contributed by atoms with Gasteiger partial charge < -0.3 is 15.7 Å². The molecular weight excluding hydrogens is 358 g/mol. The Kier molecular flexibility index (Phi) is 6.39. The van der Waals surface area contributed by atoms with Gasteiger partial charge in [0.15, 0.2) is 0 Å². The zero-order valence-corrected chi connectivity index (χ0v) is 15.4. The molecule has 0 bridgehead atoms. The lowest BCUT2D eigenvalue weighted by atomic mass is 10.1. The lowest BCUT2D eigenvalue weighted by Gasteiger charge is -2.18. The van der Waals surface area contributed by atoms with Crippen LogP contribution in [0, 0.1) is 0 Å². The van der Waals surface area contributed by atoms with Crippen molar-refractivity contribution in [1.29, 1.82) is 0 Å². The minimum atomic E-state index is -0.890. The summed E-state index contributed by atoms with van der Waals surface area (Å²) in [7, 11) is 0. The summed E-state index contributed by atoms with van der Waals surface area (Å²) in [5.41, 5.74) is 1.79. The highest BCUT2D eigenvalue weighted by Crippen LogP contribution is 2.14. The van der Waals surface area contributed by atoms with Crippen molar-refractivity contribution in [3.8, 4) is 0 Å². The largest absolute Gasteiger partial charge is 0.394 e. The molecule has 4 amide bonds. The number of amides is 4. The van der Waals surface area contributed by atoms with E-state index in [1.165, 1.54) is 0 Å². The molecule has 146 valence electrons. The molecule has 1 aliphatic heterocycles. The second-order valence-corrected chi connectivity index (χ2v) is 6.65. The van der Waals surface area contributed by atoms with Crippen molar-refractivity contribution in [3.05, 3.63) is 71.8 Å². The molecule has 0 saturated carbocycles. The summed E-state index contributed by atoms with van der Waals surface area (Å²) in [6.45, 7) is 0.00000555. The fourth-order valence-electron chi connectivity index (χ4n) is 3.17. The highest BCUT2D eigenvalue weighted by atomic mass is 16.3. The number of urea groups is 1. The van der Waals surface area contributed by atoms with Gasteiger partial charge in [0.25, 0.3) is 5.91 Å². The molecule has 2 aromatic rings. The molecule has 1 saturated heterocycles. The van der Waals surface area contributed by atoms with Gasteiger partial charge in [0, 0.05) is 6.54 Å². The third-order valence-corrected chi connectivity index (χ3v) is 4.68. The number of nitrogens with one attached hydrogen (secondary N) is 2. The van der Waals surface area contributed by atoms with Crippen LogP contribution in [0.2, 0.25) is 0 Å². The summed E-state index contributed by atoms with van der Waals surface area (Å²) in [5.74, 6) is -0.817. The van der Waals surface area contributed by atoms with Gasteiger partial charge in [0.1, 0.15) is 6.04 Å². The van der Waals surface area contributed by atoms with Crippen molar-refractivity contribution in [3.63, 3.8) is 0 Å². The van der Waals surface area contributed by atoms with Crippen LogP contribution in [0.1, 0.15) is 23.6 Å². The van der Waals surface area contributed by atoms with Gasteiger partial charge in [0.05, 0.1) is 19.1 Å². The smallest absolute Gasteiger partial charge is 0.324 e. The van der Waals surface area contributed by atoms with Gasteiger partial charge in [-0.25, -0.2) is 4.79 Å². The Balaban J connectivity index is 1.55. The maximum absolute atomic E-state index is 12.5. The minimum absolute atomic E-state index is 0.171. The quantitative estimate of drug-likeness (QED) is 0.602. The summed E-state index contributed by atoms with van der Waals surface area (Å²) in [6.07, 6.45) is 0.384. The predicted molar refractivity (Wildman–Crippen MR) is 103 cm³/mol. The minimum Gasteiger partial charge on any atom is -0.394 e. The molecule has 1 aliphatic rings. The van der Waals surface area contributed by atoms with E-state index in [4.69, 9.17) is 0 Å². The Morgan fingerprint density at radius 1 is 1.07 bits per heavy atom. The Morgan fingerprint density at radius 3 is 2.36 bits per heavy atom. The normalized spacial score (nSPS) is 17.3.